The summed E-state index contributed by atoms with van der Waals surface area (Å²) in [4.78, 5) is 0. The van der Waals surface area contributed by atoms with Crippen LogP contribution < -0.4 is 4.74 Å². The Labute approximate surface area is 108 Å². The van der Waals surface area contributed by atoms with Crippen LogP contribution in [0.4, 0.5) is 0 Å². The Balaban J connectivity index is 2.48. The largest absolute Gasteiger partial charge is 0.494 e. The highest BCUT2D eigenvalue weighted by Gasteiger charge is 2.01. The van der Waals surface area contributed by atoms with Gasteiger partial charge in [0.05, 0.1) is 6.61 Å². The van der Waals surface area contributed by atoms with Crippen LogP contribution in [-0.4, -0.2) is 12.4 Å². The minimum Gasteiger partial charge on any atom is -0.494 e. The second-order valence-corrected chi connectivity index (χ2v) is 4.86. The normalized spacial score (nSPS) is 9.94. The van der Waals surface area contributed by atoms with Crippen molar-refractivity contribution in [2.45, 2.75) is 33.1 Å². The molecule has 0 aromatic heterocycles. The fourth-order valence-corrected chi connectivity index (χ4v) is 2.02. The van der Waals surface area contributed by atoms with Gasteiger partial charge in [-0.1, -0.05) is 13.0 Å². The van der Waals surface area contributed by atoms with Crippen LogP contribution in [0.25, 0.3) is 0 Å². The first-order valence-corrected chi connectivity index (χ1v) is 6.99. The van der Waals surface area contributed by atoms with Crippen molar-refractivity contribution in [3.05, 3.63) is 29.3 Å². The second-order valence-electron chi connectivity index (χ2n) is 3.98. The van der Waals surface area contributed by atoms with Gasteiger partial charge in [0.1, 0.15) is 11.2 Å². The van der Waals surface area contributed by atoms with Crippen molar-refractivity contribution in [1.29, 1.82) is 5.26 Å². The van der Waals surface area contributed by atoms with Crippen LogP contribution in [0, 0.1) is 17.6 Å². The molecule has 0 aliphatic carbocycles. The van der Waals surface area contributed by atoms with Crippen molar-refractivity contribution in [1.82, 2.24) is 0 Å². The molecule has 0 heterocycles. The monoisotopic (exact) mass is 249 g/mol. The summed E-state index contributed by atoms with van der Waals surface area (Å²) in [6.07, 6.45) is 3.12. The lowest BCUT2D eigenvalue weighted by molar-refractivity contribution is 0.317. The minimum absolute atomic E-state index is 0.775. The van der Waals surface area contributed by atoms with E-state index in [1.807, 2.05) is 6.07 Å². The third-order valence-electron chi connectivity index (χ3n) is 2.54. The molecule has 0 spiro atoms. The average Bonchev–Trinajstić information content (AvgIpc) is 2.34. The number of ether oxygens (including phenoxy) is 1. The van der Waals surface area contributed by atoms with Gasteiger partial charge in [0.25, 0.3) is 0 Å². The van der Waals surface area contributed by atoms with Crippen molar-refractivity contribution in [3.63, 3.8) is 0 Å². The maximum atomic E-state index is 8.43. The third kappa shape index (κ3) is 5.14. The van der Waals surface area contributed by atoms with E-state index in [4.69, 9.17) is 10.00 Å². The lowest BCUT2D eigenvalue weighted by atomic mass is 10.0. The fraction of sp³-hybridized carbons (Fsp3) is 0.500. The summed E-state index contributed by atoms with van der Waals surface area (Å²) in [7, 11) is 0. The van der Waals surface area contributed by atoms with Gasteiger partial charge in [-0.3, -0.25) is 0 Å². The van der Waals surface area contributed by atoms with Crippen molar-refractivity contribution in [2.75, 3.05) is 12.4 Å². The smallest absolute Gasteiger partial charge is 0.133 e. The molecule has 0 atom stereocenters. The van der Waals surface area contributed by atoms with E-state index in [9.17, 15) is 0 Å². The van der Waals surface area contributed by atoms with E-state index in [-0.39, 0.29) is 0 Å². The molecule has 1 aromatic carbocycles. The van der Waals surface area contributed by atoms with E-state index >= 15 is 0 Å². The van der Waals surface area contributed by atoms with Crippen LogP contribution in [0.15, 0.2) is 18.2 Å². The molecule has 0 aliphatic heterocycles. The summed E-state index contributed by atoms with van der Waals surface area (Å²) in [5.74, 6) is 1.86. The van der Waals surface area contributed by atoms with Gasteiger partial charge in [-0.2, -0.15) is 5.26 Å². The predicted octanol–water partition coefficient (Wildman–Crippen LogP) is 3.93. The number of hydrogen-bond donors (Lipinski definition) is 0. The van der Waals surface area contributed by atoms with Gasteiger partial charge in [-0.05, 0) is 61.2 Å². The van der Waals surface area contributed by atoms with Crippen LogP contribution in [0.5, 0.6) is 5.75 Å². The zero-order valence-electron chi connectivity index (χ0n) is 10.5. The Morgan fingerprint density at radius 1 is 1.41 bits per heavy atom. The van der Waals surface area contributed by atoms with Crippen LogP contribution >= 0.6 is 11.8 Å². The minimum atomic E-state index is 0.775. The third-order valence-corrected chi connectivity index (χ3v) is 3.17. The van der Waals surface area contributed by atoms with Gasteiger partial charge >= 0.3 is 0 Å². The summed E-state index contributed by atoms with van der Waals surface area (Å²) >= 11 is 1.33. The molecule has 1 aromatic rings. The first-order valence-electron chi connectivity index (χ1n) is 6.01. The van der Waals surface area contributed by atoms with E-state index in [2.05, 4.69) is 31.4 Å². The number of benzene rings is 1. The maximum absolute atomic E-state index is 8.43. The number of hydrogen-bond acceptors (Lipinski definition) is 3. The molecule has 1 rings (SSSR count). The number of thiocyanates is 1. The van der Waals surface area contributed by atoms with Gasteiger partial charge in [0.2, 0.25) is 0 Å². The summed E-state index contributed by atoms with van der Waals surface area (Å²) in [5, 5.41) is 10.5. The number of rotatable bonds is 7. The van der Waals surface area contributed by atoms with E-state index in [0.717, 1.165) is 37.4 Å². The highest BCUT2D eigenvalue weighted by atomic mass is 32.2. The van der Waals surface area contributed by atoms with Crippen LogP contribution in [0.1, 0.15) is 30.9 Å². The van der Waals surface area contributed by atoms with Crippen LogP contribution in [-0.2, 0) is 6.42 Å². The number of aryl methyl sites for hydroxylation is 2. The van der Waals surface area contributed by atoms with E-state index in [1.165, 1.54) is 22.9 Å². The van der Waals surface area contributed by atoms with E-state index < -0.39 is 0 Å². The fourth-order valence-electron chi connectivity index (χ4n) is 1.64. The zero-order chi connectivity index (χ0) is 12.5. The molecule has 2 nitrogen and oxygen atoms in total. The Morgan fingerprint density at radius 3 is 2.88 bits per heavy atom. The Kier molecular flexibility index (Phi) is 6.57. The molecule has 0 saturated carbocycles. The van der Waals surface area contributed by atoms with Gasteiger partial charge < -0.3 is 4.74 Å². The van der Waals surface area contributed by atoms with E-state index in [1.54, 1.807) is 0 Å². The van der Waals surface area contributed by atoms with Crippen molar-refractivity contribution < 1.29 is 4.74 Å². The molecule has 0 saturated heterocycles. The highest BCUT2D eigenvalue weighted by molar-refractivity contribution is 8.03. The molecular formula is C14H19NOS. The van der Waals surface area contributed by atoms with Crippen molar-refractivity contribution in [2.24, 2.45) is 0 Å². The predicted molar refractivity (Wildman–Crippen MR) is 73.4 cm³/mol. The number of thioether (sulfide) groups is 1. The molecule has 0 fully saturated rings. The molecule has 0 amide bonds. The Bertz CT molecular complexity index is 384. The summed E-state index contributed by atoms with van der Waals surface area (Å²) in [5.41, 5.74) is 2.63. The summed E-state index contributed by atoms with van der Waals surface area (Å²) in [6, 6.07) is 6.27. The molecule has 0 unspecified atom stereocenters. The quantitative estimate of drug-likeness (QED) is 0.542. The number of nitriles is 1. The molecule has 0 N–H and O–H groups in total. The van der Waals surface area contributed by atoms with Crippen LogP contribution in [0.2, 0.25) is 0 Å². The topological polar surface area (TPSA) is 33.0 Å². The zero-order valence-corrected chi connectivity index (χ0v) is 11.3. The van der Waals surface area contributed by atoms with Gasteiger partial charge in [0.15, 0.2) is 0 Å². The molecule has 0 radical (unpaired) electrons. The lowest BCUT2D eigenvalue weighted by Gasteiger charge is -2.09. The maximum Gasteiger partial charge on any atom is 0.133 e. The molecule has 92 valence electrons. The molecule has 17 heavy (non-hydrogen) atoms. The molecule has 0 aliphatic rings. The van der Waals surface area contributed by atoms with Gasteiger partial charge in [0, 0.05) is 5.75 Å². The molecular weight excluding hydrogens is 230 g/mol. The van der Waals surface area contributed by atoms with Crippen molar-refractivity contribution >= 4 is 11.8 Å². The number of nitrogens with zero attached hydrogens (tertiary/aromatic N) is 1. The van der Waals surface area contributed by atoms with Gasteiger partial charge in [-0.25, -0.2) is 0 Å². The SMILES string of the molecule is CCCOc1ccc(CCCSC#N)c(C)c1. The van der Waals surface area contributed by atoms with Crippen molar-refractivity contribution in [3.8, 4) is 11.2 Å². The lowest BCUT2D eigenvalue weighted by Crippen LogP contribution is -1.97. The van der Waals surface area contributed by atoms with Crippen LogP contribution in [0.3, 0.4) is 0 Å². The summed E-state index contributed by atoms with van der Waals surface area (Å²) < 4.78 is 5.59. The highest BCUT2D eigenvalue weighted by Crippen LogP contribution is 2.19. The Morgan fingerprint density at radius 2 is 2.24 bits per heavy atom. The Hall–Kier alpha value is -1.14. The first-order chi connectivity index (χ1) is 8.27. The second kappa shape index (κ2) is 8.03. The molecule has 0 bridgehead atoms. The van der Waals surface area contributed by atoms with Gasteiger partial charge in [-0.15, -0.1) is 0 Å². The average molecular weight is 249 g/mol. The standard InChI is InChI=1S/C14H19NOS/c1-3-8-16-14-7-6-13(12(2)10-14)5-4-9-17-11-15/h6-7,10H,3-5,8-9H2,1-2H3. The first kappa shape index (κ1) is 13.9. The summed E-state index contributed by atoms with van der Waals surface area (Å²) in [6.45, 7) is 5.00. The molecule has 3 heteroatoms. The van der Waals surface area contributed by atoms with E-state index in [0.29, 0.717) is 0 Å².